The third-order valence-electron chi connectivity index (χ3n) is 11.9. The number of hydrogen-bond donors (Lipinski definition) is 3. The molecule has 4 N–H and O–H groups in total. The molecule has 5 aliphatic rings. The van der Waals surface area contributed by atoms with Gasteiger partial charge in [-0.3, -0.25) is 14.6 Å². The predicted molar refractivity (Wildman–Crippen MR) is 203 cm³/mol. The standard InChI is InChI=1S/C41H49N5O8/c1-40-23-41(12-13-41)24-45(40)38(48)30-18-34(52-4)36(20-32(30)46(42)39(40)49)54-15-7-5-6-14-53-35-19-31-29(17-33(35)51-3)37(47)44-22-26(16-27(44)21-43-31)25-8-10-28(50-2)11-9-25/h8-11,17-20,22,27,39,43,49H,5-7,12-16,21,23-24,42H2,1-4H3/t27?,39-,40-/m0/s1. The molecule has 1 saturated carbocycles. The topological polar surface area (TPSA) is 148 Å². The number of benzene rings is 3. The Morgan fingerprint density at radius 3 is 2.17 bits per heavy atom. The molecular weight excluding hydrogens is 690 g/mol. The summed E-state index contributed by atoms with van der Waals surface area (Å²) in [5, 5.41) is 16.2. The summed E-state index contributed by atoms with van der Waals surface area (Å²) < 4.78 is 28.9. The van der Waals surface area contributed by atoms with Crippen LogP contribution >= 0.6 is 0 Å². The van der Waals surface area contributed by atoms with E-state index in [1.807, 2.05) is 48.4 Å². The van der Waals surface area contributed by atoms with Crippen molar-refractivity contribution in [2.45, 2.75) is 69.7 Å². The van der Waals surface area contributed by atoms with E-state index >= 15 is 0 Å². The maximum absolute atomic E-state index is 13.8. The summed E-state index contributed by atoms with van der Waals surface area (Å²) in [7, 11) is 4.77. The highest BCUT2D eigenvalue weighted by atomic mass is 16.5. The van der Waals surface area contributed by atoms with Crippen molar-refractivity contribution in [3.63, 3.8) is 0 Å². The molecule has 2 amide bonds. The molecule has 0 radical (unpaired) electrons. The maximum Gasteiger partial charge on any atom is 0.260 e. The SMILES string of the molecule is COc1ccc(C2=CN3C(=O)c4cc(OC)c(OCCCCCOc5cc6c(cc5OC)C(=O)N5CC7(CC7)C[C@@]5(C)[C@H](O)N6N)cc4NCC3C2)cc1. The van der Waals surface area contributed by atoms with Gasteiger partial charge in [0, 0.05) is 31.4 Å². The zero-order valence-electron chi connectivity index (χ0n) is 31.4. The van der Waals surface area contributed by atoms with Gasteiger partial charge in [0.1, 0.15) is 5.75 Å². The van der Waals surface area contributed by atoms with Crippen LogP contribution in [0.25, 0.3) is 5.57 Å². The third kappa shape index (κ3) is 6.22. The van der Waals surface area contributed by atoms with Crippen molar-refractivity contribution in [3.8, 4) is 28.7 Å². The first-order valence-electron chi connectivity index (χ1n) is 18.7. The molecule has 1 spiro atoms. The molecule has 0 bridgehead atoms. The Balaban J connectivity index is 0.863. The van der Waals surface area contributed by atoms with E-state index in [1.165, 1.54) is 5.01 Å². The summed E-state index contributed by atoms with van der Waals surface area (Å²) in [5.41, 5.74) is 3.55. The molecule has 54 heavy (non-hydrogen) atoms. The molecule has 8 rings (SSSR count). The Morgan fingerprint density at radius 2 is 1.52 bits per heavy atom. The van der Waals surface area contributed by atoms with E-state index in [9.17, 15) is 14.7 Å². The number of carbonyl (C=O) groups is 2. The molecule has 1 unspecified atom stereocenters. The molecular formula is C41H49N5O8. The van der Waals surface area contributed by atoms with E-state index < -0.39 is 11.8 Å². The van der Waals surface area contributed by atoms with E-state index in [-0.39, 0.29) is 23.3 Å². The highest BCUT2D eigenvalue weighted by molar-refractivity contribution is 6.03. The third-order valence-corrected chi connectivity index (χ3v) is 11.9. The van der Waals surface area contributed by atoms with Gasteiger partial charge >= 0.3 is 0 Å². The number of rotatable bonds is 12. The number of carbonyl (C=O) groups excluding carboxylic acids is 2. The summed E-state index contributed by atoms with van der Waals surface area (Å²) in [6.45, 7) is 4.01. The maximum atomic E-state index is 13.8. The minimum Gasteiger partial charge on any atom is -0.497 e. The lowest BCUT2D eigenvalue weighted by Gasteiger charge is -2.39. The number of fused-ring (bicyclic) bond motifs is 4. The lowest BCUT2D eigenvalue weighted by Crippen LogP contribution is -2.59. The number of unbranched alkanes of at least 4 members (excludes halogenated alkanes) is 2. The van der Waals surface area contributed by atoms with Crippen LogP contribution in [0, 0.1) is 5.41 Å². The van der Waals surface area contributed by atoms with Crippen molar-refractivity contribution in [2.24, 2.45) is 11.3 Å². The number of nitrogens with zero attached hydrogens (tertiary/aromatic N) is 3. The average molecular weight is 740 g/mol. The molecule has 4 heterocycles. The molecule has 286 valence electrons. The number of nitrogens with two attached hydrogens (primary N) is 1. The van der Waals surface area contributed by atoms with Gasteiger partial charge in [0.15, 0.2) is 29.2 Å². The van der Waals surface area contributed by atoms with E-state index in [2.05, 4.69) is 5.32 Å². The molecule has 1 aliphatic carbocycles. The fraction of sp³-hybridized carbons (Fsp3) is 0.463. The van der Waals surface area contributed by atoms with Crippen molar-refractivity contribution in [3.05, 3.63) is 71.4 Å². The number of aliphatic hydroxyl groups is 1. The Bertz CT molecular complexity index is 1980. The first kappa shape index (κ1) is 35.9. The monoisotopic (exact) mass is 739 g/mol. The van der Waals surface area contributed by atoms with E-state index in [4.69, 9.17) is 29.5 Å². The van der Waals surface area contributed by atoms with Crippen molar-refractivity contribution in [1.29, 1.82) is 0 Å². The molecule has 4 aliphatic heterocycles. The van der Waals surface area contributed by atoms with Gasteiger partial charge in [-0.05, 0) is 92.7 Å². The molecule has 13 nitrogen and oxygen atoms in total. The van der Waals surface area contributed by atoms with Crippen LogP contribution in [0.4, 0.5) is 11.4 Å². The van der Waals surface area contributed by atoms with Crippen LogP contribution in [-0.4, -0.2) is 92.2 Å². The summed E-state index contributed by atoms with van der Waals surface area (Å²) >= 11 is 0. The van der Waals surface area contributed by atoms with Crippen LogP contribution in [0.2, 0.25) is 0 Å². The summed E-state index contributed by atoms with van der Waals surface area (Å²) in [4.78, 5) is 31.2. The van der Waals surface area contributed by atoms with Gasteiger partial charge in [0.05, 0.1) is 68.6 Å². The van der Waals surface area contributed by atoms with E-state index in [1.54, 1.807) is 44.4 Å². The molecule has 2 fully saturated rings. The predicted octanol–water partition coefficient (Wildman–Crippen LogP) is 5.42. The normalized spacial score (nSPS) is 23.4. The van der Waals surface area contributed by atoms with Crippen LogP contribution in [-0.2, 0) is 0 Å². The van der Waals surface area contributed by atoms with Gasteiger partial charge in [-0.2, -0.15) is 0 Å². The largest absolute Gasteiger partial charge is 0.497 e. The smallest absolute Gasteiger partial charge is 0.260 e. The van der Waals surface area contributed by atoms with Gasteiger partial charge in [-0.25, -0.2) is 5.84 Å². The zero-order chi connectivity index (χ0) is 37.8. The Morgan fingerprint density at radius 1 is 0.852 bits per heavy atom. The van der Waals surface area contributed by atoms with Gasteiger partial charge in [-0.15, -0.1) is 0 Å². The second-order valence-electron chi connectivity index (χ2n) is 15.4. The lowest BCUT2D eigenvalue weighted by molar-refractivity contribution is 0.00878. The van der Waals surface area contributed by atoms with Crippen molar-refractivity contribution in [2.75, 3.05) is 58.0 Å². The van der Waals surface area contributed by atoms with Crippen LogP contribution < -0.4 is 39.9 Å². The Kier molecular flexibility index (Phi) is 9.25. The average Bonchev–Trinajstić information content (AvgIpc) is 3.73. The summed E-state index contributed by atoms with van der Waals surface area (Å²) in [6, 6.07) is 14.9. The van der Waals surface area contributed by atoms with Crippen LogP contribution in [0.3, 0.4) is 0 Å². The van der Waals surface area contributed by atoms with E-state index in [0.29, 0.717) is 66.1 Å². The van der Waals surface area contributed by atoms with Crippen molar-refractivity contribution in [1.82, 2.24) is 9.80 Å². The first-order chi connectivity index (χ1) is 26.1. The van der Waals surface area contributed by atoms with Gasteiger partial charge in [0.25, 0.3) is 11.8 Å². The molecule has 3 atom stereocenters. The number of ether oxygens (including phenoxy) is 5. The second-order valence-corrected chi connectivity index (χ2v) is 15.4. The fourth-order valence-corrected chi connectivity index (χ4v) is 8.59. The quantitative estimate of drug-likeness (QED) is 0.162. The highest BCUT2D eigenvalue weighted by Gasteiger charge is 2.62. The van der Waals surface area contributed by atoms with Gasteiger partial charge in [-0.1, -0.05) is 12.1 Å². The first-order valence-corrected chi connectivity index (χ1v) is 18.7. The number of amides is 2. The molecule has 1 saturated heterocycles. The summed E-state index contributed by atoms with van der Waals surface area (Å²) in [6.07, 6.45) is 6.81. The highest BCUT2D eigenvalue weighted by Crippen LogP contribution is 2.60. The van der Waals surface area contributed by atoms with E-state index in [0.717, 1.165) is 67.5 Å². The van der Waals surface area contributed by atoms with Crippen LogP contribution in [0.1, 0.15) is 78.1 Å². The number of methoxy groups -OCH3 is 3. The zero-order valence-corrected chi connectivity index (χ0v) is 31.4. The Labute approximate surface area is 315 Å². The molecule has 3 aromatic carbocycles. The minimum atomic E-state index is -1.06. The number of hydrazine groups is 1. The number of aliphatic hydroxyl groups excluding tert-OH is 1. The minimum absolute atomic E-state index is 0.00954. The number of anilines is 2. The van der Waals surface area contributed by atoms with Crippen LogP contribution in [0.5, 0.6) is 28.7 Å². The summed E-state index contributed by atoms with van der Waals surface area (Å²) in [5.74, 6) is 9.03. The van der Waals surface area contributed by atoms with Crippen molar-refractivity contribution < 1.29 is 38.4 Å². The Hall–Kier alpha value is -5.14. The molecule has 13 heteroatoms. The number of nitrogens with one attached hydrogen (secondary N) is 1. The fourth-order valence-electron chi connectivity index (χ4n) is 8.59. The second kappa shape index (κ2) is 13.9. The molecule has 0 aromatic heterocycles. The van der Waals surface area contributed by atoms with Crippen molar-refractivity contribution >= 4 is 28.8 Å². The lowest BCUT2D eigenvalue weighted by atomic mass is 9.90. The molecule has 3 aromatic rings. The van der Waals surface area contributed by atoms with Crippen LogP contribution in [0.15, 0.2) is 54.7 Å². The van der Waals surface area contributed by atoms with Gasteiger partial charge in [0.2, 0.25) is 0 Å². The van der Waals surface area contributed by atoms with Gasteiger partial charge < -0.3 is 43.9 Å². The number of hydrogen-bond acceptors (Lipinski definition) is 11.